The van der Waals surface area contributed by atoms with Crippen molar-refractivity contribution in [3.8, 4) is 6.07 Å². The Kier molecular flexibility index (Phi) is 3.17. The van der Waals surface area contributed by atoms with Crippen LogP contribution in [0.1, 0.15) is 12.6 Å². The monoisotopic (exact) mass is 228 g/mol. The van der Waals surface area contributed by atoms with Gasteiger partial charge in [0.05, 0.1) is 17.3 Å². The standard InChI is InChI=1S/C12H12N4O/c1-8(17)7-14-12-9-4-2-3-5-10(9)15-16-11(12)6-13/h2-5,8,17H,7H2,1H3,(H,14,15). The minimum Gasteiger partial charge on any atom is -0.392 e. The van der Waals surface area contributed by atoms with Crippen LogP contribution in [0.25, 0.3) is 10.9 Å². The first kappa shape index (κ1) is 11.3. The number of aliphatic hydroxyl groups excluding tert-OH is 1. The molecule has 0 saturated heterocycles. The van der Waals surface area contributed by atoms with E-state index in [1.54, 1.807) is 6.92 Å². The van der Waals surface area contributed by atoms with Crippen molar-refractivity contribution < 1.29 is 5.11 Å². The summed E-state index contributed by atoms with van der Waals surface area (Å²) in [6.07, 6.45) is -0.492. The van der Waals surface area contributed by atoms with Crippen LogP contribution in [0.5, 0.6) is 0 Å². The van der Waals surface area contributed by atoms with E-state index in [9.17, 15) is 5.11 Å². The lowest BCUT2D eigenvalue weighted by molar-refractivity contribution is 0.208. The van der Waals surface area contributed by atoms with E-state index in [4.69, 9.17) is 5.26 Å². The highest BCUT2D eigenvalue weighted by Crippen LogP contribution is 2.23. The highest BCUT2D eigenvalue weighted by molar-refractivity contribution is 5.92. The van der Waals surface area contributed by atoms with Crippen LogP contribution in [0.3, 0.4) is 0 Å². The van der Waals surface area contributed by atoms with Crippen molar-refractivity contribution in [3.05, 3.63) is 30.0 Å². The Hall–Kier alpha value is -2.19. The molecule has 0 bridgehead atoms. The number of fused-ring (bicyclic) bond motifs is 1. The number of nitrogens with one attached hydrogen (secondary N) is 1. The molecule has 2 N–H and O–H groups in total. The Morgan fingerprint density at radius 3 is 2.88 bits per heavy atom. The van der Waals surface area contributed by atoms with Gasteiger partial charge in [-0.25, -0.2) is 0 Å². The maximum Gasteiger partial charge on any atom is 0.186 e. The van der Waals surface area contributed by atoms with Crippen LogP contribution in [0, 0.1) is 11.3 Å². The van der Waals surface area contributed by atoms with Crippen molar-refractivity contribution in [2.75, 3.05) is 11.9 Å². The van der Waals surface area contributed by atoms with Gasteiger partial charge >= 0.3 is 0 Å². The van der Waals surface area contributed by atoms with Crippen molar-refractivity contribution >= 4 is 16.6 Å². The number of rotatable bonds is 3. The Labute approximate surface area is 98.7 Å². The molecule has 0 radical (unpaired) electrons. The first-order chi connectivity index (χ1) is 8.22. The Bertz CT molecular complexity index is 574. The molecule has 0 saturated carbocycles. The Morgan fingerprint density at radius 1 is 1.41 bits per heavy atom. The summed E-state index contributed by atoms with van der Waals surface area (Å²) in [6.45, 7) is 2.04. The van der Waals surface area contributed by atoms with E-state index < -0.39 is 6.10 Å². The van der Waals surface area contributed by atoms with E-state index in [0.717, 1.165) is 10.9 Å². The van der Waals surface area contributed by atoms with Crippen LogP contribution < -0.4 is 5.32 Å². The number of aromatic nitrogens is 2. The van der Waals surface area contributed by atoms with Crippen LogP contribution in [0.4, 0.5) is 5.69 Å². The van der Waals surface area contributed by atoms with Crippen LogP contribution >= 0.6 is 0 Å². The smallest absolute Gasteiger partial charge is 0.186 e. The van der Waals surface area contributed by atoms with Crippen LogP contribution in [0.2, 0.25) is 0 Å². The summed E-state index contributed by atoms with van der Waals surface area (Å²) in [5.41, 5.74) is 1.59. The number of hydrogen-bond acceptors (Lipinski definition) is 5. The molecule has 0 amide bonds. The summed E-state index contributed by atoms with van der Waals surface area (Å²) in [5, 5.41) is 29.9. The summed E-state index contributed by atoms with van der Waals surface area (Å²) >= 11 is 0. The first-order valence-electron chi connectivity index (χ1n) is 5.30. The lowest BCUT2D eigenvalue weighted by atomic mass is 10.1. The molecule has 2 aromatic rings. The molecule has 0 spiro atoms. The molecule has 0 aliphatic heterocycles. The normalized spacial score (nSPS) is 12.1. The van der Waals surface area contributed by atoms with Gasteiger partial charge < -0.3 is 10.4 Å². The minimum absolute atomic E-state index is 0.240. The first-order valence-corrected chi connectivity index (χ1v) is 5.30. The van der Waals surface area contributed by atoms with Gasteiger partial charge in [0.1, 0.15) is 6.07 Å². The number of benzene rings is 1. The Morgan fingerprint density at radius 2 is 2.18 bits per heavy atom. The molecule has 17 heavy (non-hydrogen) atoms. The van der Waals surface area contributed by atoms with Gasteiger partial charge in [-0.2, -0.15) is 5.26 Å². The third kappa shape index (κ3) is 2.32. The van der Waals surface area contributed by atoms with Gasteiger partial charge in [-0.15, -0.1) is 10.2 Å². The number of anilines is 1. The summed E-state index contributed by atoms with van der Waals surface area (Å²) in [6, 6.07) is 9.43. The van der Waals surface area contributed by atoms with Crippen molar-refractivity contribution in [2.24, 2.45) is 0 Å². The zero-order valence-electron chi connectivity index (χ0n) is 9.38. The van der Waals surface area contributed by atoms with Crippen LogP contribution in [-0.2, 0) is 0 Å². The molecule has 5 heteroatoms. The van der Waals surface area contributed by atoms with E-state index in [0.29, 0.717) is 12.2 Å². The van der Waals surface area contributed by atoms with Gasteiger partial charge in [-0.1, -0.05) is 18.2 Å². The van der Waals surface area contributed by atoms with Gasteiger partial charge in [-0.05, 0) is 13.0 Å². The van der Waals surface area contributed by atoms with E-state index in [1.165, 1.54) is 0 Å². The lowest BCUT2D eigenvalue weighted by Crippen LogP contribution is -2.16. The number of nitriles is 1. The van der Waals surface area contributed by atoms with Gasteiger partial charge in [0.25, 0.3) is 0 Å². The molecule has 0 aliphatic carbocycles. The molecule has 86 valence electrons. The fourth-order valence-corrected chi connectivity index (χ4v) is 1.56. The molecule has 1 aromatic heterocycles. The average molecular weight is 228 g/mol. The maximum absolute atomic E-state index is 9.27. The van der Waals surface area contributed by atoms with Crippen LogP contribution in [-0.4, -0.2) is 28.0 Å². The Balaban J connectivity index is 2.52. The van der Waals surface area contributed by atoms with Gasteiger partial charge in [0, 0.05) is 11.9 Å². The zero-order valence-corrected chi connectivity index (χ0v) is 9.38. The molecule has 1 unspecified atom stereocenters. The highest BCUT2D eigenvalue weighted by Gasteiger charge is 2.10. The van der Waals surface area contributed by atoms with E-state index in [1.807, 2.05) is 30.3 Å². The summed E-state index contributed by atoms with van der Waals surface area (Å²) in [4.78, 5) is 0. The maximum atomic E-state index is 9.27. The molecule has 1 aromatic carbocycles. The third-order valence-electron chi connectivity index (χ3n) is 2.35. The topological polar surface area (TPSA) is 81.8 Å². The number of hydrogen-bond donors (Lipinski definition) is 2. The SMILES string of the molecule is CC(O)CNc1c(C#N)nnc2ccccc12. The predicted octanol–water partition coefficient (Wildman–Crippen LogP) is 1.29. The van der Waals surface area contributed by atoms with Crippen molar-refractivity contribution in [3.63, 3.8) is 0 Å². The molecule has 1 atom stereocenters. The largest absolute Gasteiger partial charge is 0.392 e. The van der Waals surface area contributed by atoms with E-state index in [2.05, 4.69) is 15.5 Å². The highest BCUT2D eigenvalue weighted by atomic mass is 16.3. The van der Waals surface area contributed by atoms with Crippen molar-refractivity contribution in [1.29, 1.82) is 5.26 Å². The fourth-order valence-electron chi connectivity index (χ4n) is 1.56. The zero-order chi connectivity index (χ0) is 12.3. The molecule has 2 rings (SSSR count). The summed E-state index contributed by atoms with van der Waals surface area (Å²) < 4.78 is 0. The van der Waals surface area contributed by atoms with Crippen molar-refractivity contribution in [2.45, 2.75) is 13.0 Å². The number of aliphatic hydroxyl groups is 1. The summed E-state index contributed by atoms with van der Waals surface area (Å²) in [7, 11) is 0. The molecular weight excluding hydrogens is 216 g/mol. The molecule has 1 heterocycles. The van der Waals surface area contributed by atoms with E-state index >= 15 is 0 Å². The second-order valence-electron chi connectivity index (χ2n) is 3.78. The second kappa shape index (κ2) is 4.76. The fraction of sp³-hybridized carbons (Fsp3) is 0.250. The number of nitrogens with zero attached hydrogens (tertiary/aromatic N) is 3. The van der Waals surface area contributed by atoms with E-state index in [-0.39, 0.29) is 5.69 Å². The van der Waals surface area contributed by atoms with Gasteiger partial charge in [0.2, 0.25) is 0 Å². The minimum atomic E-state index is -0.492. The molecular formula is C12H12N4O. The molecule has 5 nitrogen and oxygen atoms in total. The van der Waals surface area contributed by atoms with Crippen molar-refractivity contribution in [1.82, 2.24) is 10.2 Å². The van der Waals surface area contributed by atoms with Gasteiger partial charge in [-0.3, -0.25) is 0 Å². The predicted molar refractivity (Wildman–Crippen MR) is 64.4 cm³/mol. The van der Waals surface area contributed by atoms with Gasteiger partial charge in [0.15, 0.2) is 5.69 Å². The second-order valence-corrected chi connectivity index (χ2v) is 3.78. The summed E-state index contributed by atoms with van der Waals surface area (Å²) in [5.74, 6) is 0. The lowest BCUT2D eigenvalue weighted by Gasteiger charge is -2.11. The third-order valence-corrected chi connectivity index (χ3v) is 2.35. The molecule has 0 aliphatic rings. The molecule has 0 fully saturated rings. The quantitative estimate of drug-likeness (QED) is 0.827. The van der Waals surface area contributed by atoms with Crippen LogP contribution in [0.15, 0.2) is 24.3 Å². The average Bonchev–Trinajstić information content (AvgIpc) is 2.35.